The maximum absolute atomic E-state index is 13.6. The molecule has 1 nitrogen and oxygen atoms in total. The molecule has 1 N–H and O–H groups in total. The van der Waals surface area contributed by atoms with Crippen molar-refractivity contribution in [3.8, 4) is 0 Å². The van der Waals surface area contributed by atoms with Gasteiger partial charge in [-0.15, -0.1) is 0 Å². The standard InChI is InChI=1S/C13H18FN/c1-10-4-2-3-5-11(10)8-12-9-15-7-6-13(12)14/h2-5,12-13,15H,6-9H2,1H3. The zero-order chi connectivity index (χ0) is 10.7. The van der Waals surface area contributed by atoms with E-state index in [-0.39, 0.29) is 5.92 Å². The van der Waals surface area contributed by atoms with Crippen molar-refractivity contribution in [1.29, 1.82) is 0 Å². The molecule has 15 heavy (non-hydrogen) atoms. The van der Waals surface area contributed by atoms with E-state index in [1.807, 2.05) is 12.1 Å². The zero-order valence-corrected chi connectivity index (χ0v) is 9.17. The van der Waals surface area contributed by atoms with Gasteiger partial charge in [0.2, 0.25) is 0 Å². The lowest BCUT2D eigenvalue weighted by Crippen LogP contribution is -2.38. The predicted molar refractivity (Wildman–Crippen MR) is 60.8 cm³/mol. The van der Waals surface area contributed by atoms with Gasteiger partial charge in [-0.3, -0.25) is 0 Å². The molecule has 82 valence electrons. The monoisotopic (exact) mass is 207 g/mol. The number of piperidine rings is 1. The average Bonchev–Trinajstić information content (AvgIpc) is 2.24. The highest BCUT2D eigenvalue weighted by Crippen LogP contribution is 2.21. The fourth-order valence-electron chi connectivity index (χ4n) is 2.21. The van der Waals surface area contributed by atoms with Crippen molar-refractivity contribution in [2.24, 2.45) is 5.92 Å². The molecule has 2 unspecified atom stereocenters. The predicted octanol–water partition coefficient (Wildman–Crippen LogP) is 2.49. The molecule has 0 aliphatic carbocycles. The average molecular weight is 207 g/mol. The lowest BCUT2D eigenvalue weighted by Gasteiger charge is -2.27. The summed E-state index contributed by atoms with van der Waals surface area (Å²) >= 11 is 0. The van der Waals surface area contributed by atoms with Gasteiger partial charge in [0.05, 0.1) is 0 Å². The third-order valence-electron chi connectivity index (χ3n) is 3.26. The van der Waals surface area contributed by atoms with Gasteiger partial charge in [0.25, 0.3) is 0 Å². The van der Waals surface area contributed by atoms with Crippen molar-refractivity contribution >= 4 is 0 Å². The molecule has 0 spiro atoms. The second-order valence-electron chi connectivity index (χ2n) is 4.40. The maximum Gasteiger partial charge on any atom is 0.106 e. The number of nitrogens with one attached hydrogen (secondary N) is 1. The molecule has 0 radical (unpaired) electrons. The first-order chi connectivity index (χ1) is 7.27. The van der Waals surface area contributed by atoms with Gasteiger partial charge in [0, 0.05) is 12.5 Å². The first-order valence-electron chi connectivity index (χ1n) is 5.66. The van der Waals surface area contributed by atoms with Crippen molar-refractivity contribution in [3.05, 3.63) is 35.4 Å². The van der Waals surface area contributed by atoms with E-state index in [0.717, 1.165) is 19.5 Å². The molecular weight excluding hydrogens is 189 g/mol. The second kappa shape index (κ2) is 4.75. The minimum absolute atomic E-state index is 0.153. The van der Waals surface area contributed by atoms with Gasteiger partial charge < -0.3 is 5.32 Å². The summed E-state index contributed by atoms with van der Waals surface area (Å²) in [6.07, 6.45) is 0.892. The maximum atomic E-state index is 13.6. The van der Waals surface area contributed by atoms with Gasteiger partial charge in [-0.05, 0) is 37.4 Å². The zero-order valence-electron chi connectivity index (χ0n) is 9.17. The Kier molecular flexibility index (Phi) is 3.37. The molecule has 0 saturated carbocycles. The molecule has 0 amide bonds. The van der Waals surface area contributed by atoms with E-state index in [1.54, 1.807) is 0 Å². The molecule has 1 aliphatic heterocycles. The summed E-state index contributed by atoms with van der Waals surface area (Å²) in [6.45, 7) is 3.74. The molecule has 1 saturated heterocycles. The fraction of sp³-hybridized carbons (Fsp3) is 0.538. The Morgan fingerprint density at radius 2 is 2.20 bits per heavy atom. The SMILES string of the molecule is Cc1ccccc1CC1CNCCC1F. The molecule has 1 heterocycles. The Hall–Kier alpha value is -0.890. The summed E-state index contributed by atoms with van der Waals surface area (Å²) in [7, 11) is 0. The van der Waals surface area contributed by atoms with Crippen LogP contribution in [0, 0.1) is 12.8 Å². The van der Waals surface area contributed by atoms with E-state index in [1.165, 1.54) is 11.1 Å². The number of rotatable bonds is 2. The summed E-state index contributed by atoms with van der Waals surface area (Å²) in [5, 5.41) is 3.26. The van der Waals surface area contributed by atoms with E-state index in [9.17, 15) is 4.39 Å². The minimum Gasteiger partial charge on any atom is -0.316 e. The number of hydrogen-bond acceptors (Lipinski definition) is 1. The molecule has 2 atom stereocenters. The van der Waals surface area contributed by atoms with E-state index >= 15 is 0 Å². The van der Waals surface area contributed by atoms with Crippen molar-refractivity contribution in [2.45, 2.75) is 25.9 Å². The molecule has 0 aromatic heterocycles. The highest BCUT2D eigenvalue weighted by Gasteiger charge is 2.24. The smallest absolute Gasteiger partial charge is 0.106 e. The van der Waals surface area contributed by atoms with Crippen LogP contribution in [0.1, 0.15) is 17.5 Å². The van der Waals surface area contributed by atoms with Crippen molar-refractivity contribution < 1.29 is 4.39 Å². The Morgan fingerprint density at radius 3 is 2.93 bits per heavy atom. The van der Waals surface area contributed by atoms with Gasteiger partial charge in [0.1, 0.15) is 6.17 Å². The van der Waals surface area contributed by atoms with Crippen molar-refractivity contribution in [2.75, 3.05) is 13.1 Å². The molecule has 2 rings (SSSR count). The van der Waals surface area contributed by atoms with Crippen LogP contribution in [0.2, 0.25) is 0 Å². The Morgan fingerprint density at radius 1 is 1.40 bits per heavy atom. The summed E-state index contributed by atoms with van der Waals surface area (Å²) in [5.74, 6) is 0.153. The molecule has 2 heteroatoms. The van der Waals surface area contributed by atoms with E-state index < -0.39 is 6.17 Å². The van der Waals surface area contributed by atoms with Gasteiger partial charge in [-0.25, -0.2) is 4.39 Å². The highest BCUT2D eigenvalue weighted by molar-refractivity contribution is 5.26. The fourth-order valence-corrected chi connectivity index (χ4v) is 2.21. The van der Waals surface area contributed by atoms with Crippen LogP contribution in [0.3, 0.4) is 0 Å². The number of benzene rings is 1. The Labute approximate surface area is 90.7 Å². The lowest BCUT2D eigenvalue weighted by atomic mass is 9.89. The van der Waals surface area contributed by atoms with Crippen LogP contribution < -0.4 is 5.32 Å². The summed E-state index contributed by atoms with van der Waals surface area (Å²) in [4.78, 5) is 0. The van der Waals surface area contributed by atoms with Crippen LogP contribution in [-0.4, -0.2) is 19.3 Å². The normalized spacial score (nSPS) is 26.5. The number of hydrogen-bond donors (Lipinski definition) is 1. The summed E-state index contributed by atoms with van der Waals surface area (Å²) in [5.41, 5.74) is 2.56. The number of halogens is 1. The first kappa shape index (κ1) is 10.6. The summed E-state index contributed by atoms with van der Waals surface area (Å²) < 4.78 is 13.6. The molecule has 1 aromatic rings. The first-order valence-corrected chi connectivity index (χ1v) is 5.66. The van der Waals surface area contributed by atoms with Gasteiger partial charge >= 0.3 is 0 Å². The van der Waals surface area contributed by atoms with Crippen LogP contribution in [0.5, 0.6) is 0 Å². The molecular formula is C13H18FN. The quantitative estimate of drug-likeness (QED) is 0.785. The minimum atomic E-state index is -0.633. The van der Waals surface area contributed by atoms with Crippen molar-refractivity contribution in [3.63, 3.8) is 0 Å². The lowest BCUT2D eigenvalue weighted by molar-refractivity contribution is 0.178. The molecule has 1 aliphatic rings. The van der Waals surface area contributed by atoms with Gasteiger partial charge in [-0.2, -0.15) is 0 Å². The Balaban J connectivity index is 2.04. The Bertz CT molecular complexity index is 324. The van der Waals surface area contributed by atoms with Crippen LogP contribution in [0.25, 0.3) is 0 Å². The third-order valence-corrected chi connectivity index (χ3v) is 3.26. The highest BCUT2D eigenvalue weighted by atomic mass is 19.1. The topological polar surface area (TPSA) is 12.0 Å². The van der Waals surface area contributed by atoms with E-state index in [2.05, 4.69) is 24.4 Å². The largest absolute Gasteiger partial charge is 0.316 e. The molecule has 1 aromatic carbocycles. The van der Waals surface area contributed by atoms with Crippen LogP contribution in [0.4, 0.5) is 4.39 Å². The number of aryl methyl sites for hydroxylation is 1. The number of alkyl halides is 1. The van der Waals surface area contributed by atoms with Crippen LogP contribution in [0.15, 0.2) is 24.3 Å². The second-order valence-corrected chi connectivity index (χ2v) is 4.40. The summed E-state index contributed by atoms with van der Waals surface area (Å²) in [6, 6.07) is 8.27. The van der Waals surface area contributed by atoms with E-state index in [4.69, 9.17) is 0 Å². The van der Waals surface area contributed by atoms with Crippen molar-refractivity contribution in [1.82, 2.24) is 5.32 Å². The van der Waals surface area contributed by atoms with Gasteiger partial charge in [-0.1, -0.05) is 24.3 Å². The molecule has 1 fully saturated rings. The van der Waals surface area contributed by atoms with Gasteiger partial charge in [0.15, 0.2) is 0 Å². The van der Waals surface area contributed by atoms with Crippen LogP contribution in [-0.2, 0) is 6.42 Å². The van der Waals surface area contributed by atoms with E-state index in [0.29, 0.717) is 6.42 Å². The van der Waals surface area contributed by atoms with Crippen LogP contribution >= 0.6 is 0 Å². The third kappa shape index (κ3) is 2.57. The molecule has 0 bridgehead atoms.